The summed E-state index contributed by atoms with van der Waals surface area (Å²) in [6.07, 6.45) is 7.69. The third-order valence-corrected chi connectivity index (χ3v) is 8.03. The molecule has 3 aromatic rings. The number of anilines is 1. The minimum atomic E-state index is -3.92. The van der Waals surface area contributed by atoms with Crippen LogP contribution in [0.1, 0.15) is 47.9 Å². The molecule has 224 valence electrons. The molecule has 3 aromatic carbocycles. The van der Waals surface area contributed by atoms with Crippen molar-refractivity contribution in [2.24, 2.45) is 0 Å². The Bertz CT molecular complexity index is 1500. The Morgan fingerprint density at radius 1 is 0.952 bits per heavy atom. The van der Waals surface area contributed by atoms with Gasteiger partial charge in [0.2, 0.25) is 0 Å². The molecule has 0 saturated carbocycles. The lowest BCUT2D eigenvalue weighted by atomic mass is 9.97. The minimum absolute atomic E-state index is 0.000319. The van der Waals surface area contributed by atoms with Gasteiger partial charge in [-0.3, -0.25) is 4.79 Å². The van der Waals surface area contributed by atoms with Crippen LogP contribution in [0.3, 0.4) is 0 Å². The summed E-state index contributed by atoms with van der Waals surface area (Å²) in [7, 11) is 0.707. The zero-order chi connectivity index (χ0) is 30.3. The second kappa shape index (κ2) is 13.8. The van der Waals surface area contributed by atoms with Crippen LogP contribution < -0.4 is 5.32 Å². The molecular weight excluding hydrogens is 548 g/mol. The van der Waals surface area contributed by atoms with Gasteiger partial charge in [-0.1, -0.05) is 54.1 Å². The Morgan fingerprint density at radius 3 is 2.21 bits per heavy atom. The molecule has 0 atom stereocenters. The van der Waals surface area contributed by atoms with E-state index in [2.05, 4.69) is 87.0 Å². The van der Waals surface area contributed by atoms with Crippen LogP contribution in [0.4, 0.5) is 5.69 Å². The van der Waals surface area contributed by atoms with Gasteiger partial charge in [0.1, 0.15) is 6.54 Å². The molecule has 1 amide bonds. The molecule has 0 radical (unpaired) electrons. The predicted octanol–water partition coefficient (Wildman–Crippen LogP) is 5.94. The second-order valence-corrected chi connectivity index (χ2v) is 13.3. The summed E-state index contributed by atoms with van der Waals surface area (Å²) in [5.41, 5.74) is 9.11. The van der Waals surface area contributed by atoms with Gasteiger partial charge in [-0.2, -0.15) is 0 Å². The van der Waals surface area contributed by atoms with E-state index in [9.17, 15) is 4.79 Å². The lowest BCUT2D eigenvalue weighted by molar-refractivity contribution is -0.929. The number of carbonyl (C=O) groups is 1. The molecule has 7 nitrogen and oxygen atoms in total. The largest absolute Gasteiger partial charge is 0.748 e. The highest BCUT2D eigenvalue weighted by Gasteiger charge is 2.30. The lowest BCUT2D eigenvalue weighted by Crippen LogP contribution is -2.50. The number of fused-ring (bicyclic) bond motifs is 1. The molecule has 1 saturated heterocycles. The van der Waals surface area contributed by atoms with Crippen LogP contribution in [0.5, 0.6) is 0 Å². The maximum Gasteiger partial charge on any atom is 0.251 e. The molecule has 1 heterocycles. The van der Waals surface area contributed by atoms with E-state index in [-0.39, 0.29) is 5.91 Å². The Kier molecular flexibility index (Phi) is 10.4. The van der Waals surface area contributed by atoms with Gasteiger partial charge in [-0.25, -0.2) is 8.42 Å². The van der Waals surface area contributed by atoms with Crippen molar-refractivity contribution in [3.05, 3.63) is 94.6 Å². The summed E-state index contributed by atoms with van der Waals surface area (Å²) < 4.78 is 33.7. The fourth-order valence-electron chi connectivity index (χ4n) is 5.68. The topological polar surface area (TPSA) is 95.5 Å². The van der Waals surface area contributed by atoms with Gasteiger partial charge in [-0.15, -0.1) is 0 Å². The van der Waals surface area contributed by atoms with E-state index in [1.54, 1.807) is 0 Å². The summed E-state index contributed by atoms with van der Waals surface area (Å²) in [4.78, 5) is 13.2. The van der Waals surface area contributed by atoms with Crippen LogP contribution in [0.15, 0.2) is 72.3 Å². The van der Waals surface area contributed by atoms with Crippen molar-refractivity contribution in [1.29, 1.82) is 0 Å². The zero-order valence-corrected chi connectivity index (χ0v) is 25.9. The van der Waals surface area contributed by atoms with Crippen molar-refractivity contribution >= 4 is 27.8 Å². The number of quaternary nitrogens is 1. The van der Waals surface area contributed by atoms with Gasteiger partial charge in [-0.05, 0) is 72.7 Å². The third kappa shape index (κ3) is 9.36. The van der Waals surface area contributed by atoms with Crippen molar-refractivity contribution in [2.75, 3.05) is 38.9 Å². The van der Waals surface area contributed by atoms with E-state index in [0.717, 1.165) is 73.2 Å². The van der Waals surface area contributed by atoms with Crippen molar-refractivity contribution in [3.8, 4) is 11.1 Å². The first-order valence-corrected chi connectivity index (χ1v) is 16.3. The summed E-state index contributed by atoms with van der Waals surface area (Å²) in [5.74, 6) is -0.000319. The number of hydrogen-bond acceptors (Lipinski definition) is 5. The number of hydrogen-bond donors (Lipinski definition) is 1. The number of nitrogens with one attached hydrogen (secondary N) is 1. The first-order chi connectivity index (χ1) is 19.9. The molecule has 1 aliphatic heterocycles. The Hall–Kier alpha value is -3.30. The first-order valence-electron chi connectivity index (χ1n) is 14.5. The normalized spacial score (nSPS) is 15.9. The highest BCUT2D eigenvalue weighted by atomic mass is 32.2. The van der Waals surface area contributed by atoms with Crippen molar-refractivity contribution in [3.63, 3.8) is 0 Å². The number of nitrogens with zero attached hydrogens (tertiary/aromatic N) is 1. The fourth-order valence-corrected chi connectivity index (χ4v) is 5.68. The van der Waals surface area contributed by atoms with E-state index in [1.807, 2.05) is 12.1 Å². The standard InChI is InChI=1S/C33H38N2O2.CH4O3S/c1-24-7-11-27(12-8-24)28-14-13-26-5-4-6-29(22-30(26)21-28)33(36)34-31-15-9-25(10-16-31)23-35(2,3)32-17-19-37-20-18-32;1-5(2,3)4/h7-16,21-22,32H,4-6,17-20,23H2,1-3H3;1H3,(H,2,3,4). The van der Waals surface area contributed by atoms with E-state index in [4.69, 9.17) is 17.7 Å². The van der Waals surface area contributed by atoms with E-state index >= 15 is 0 Å². The second-order valence-electron chi connectivity index (χ2n) is 11.9. The summed E-state index contributed by atoms with van der Waals surface area (Å²) in [6, 6.07) is 24.3. The maximum atomic E-state index is 13.2. The number of aryl methyl sites for hydroxylation is 2. The smallest absolute Gasteiger partial charge is 0.251 e. The maximum absolute atomic E-state index is 13.2. The van der Waals surface area contributed by atoms with Crippen LogP contribution in [0.2, 0.25) is 0 Å². The van der Waals surface area contributed by atoms with Gasteiger partial charge >= 0.3 is 0 Å². The fraction of sp³-hybridized carbons (Fsp3) is 0.382. The van der Waals surface area contributed by atoms with Crippen LogP contribution in [-0.4, -0.2) is 63.0 Å². The molecule has 1 aliphatic carbocycles. The average molecular weight is 591 g/mol. The summed E-state index contributed by atoms with van der Waals surface area (Å²) >= 11 is 0. The summed E-state index contributed by atoms with van der Waals surface area (Å²) in [5, 5.41) is 3.15. The van der Waals surface area contributed by atoms with Crippen LogP contribution in [-0.2, 0) is 32.6 Å². The highest BCUT2D eigenvalue weighted by Crippen LogP contribution is 2.29. The number of carbonyl (C=O) groups excluding carboxylic acids is 1. The van der Waals surface area contributed by atoms with Crippen LogP contribution in [0, 0.1) is 6.92 Å². The highest BCUT2D eigenvalue weighted by molar-refractivity contribution is 7.84. The van der Waals surface area contributed by atoms with Crippen molar-refractivity contribution in [2.45, 2.75) is 51.6 Å². The predicted molar refractivity (Wildman–Crippen MR) is 168 cm³/mol. The van der Waals surface area contributed by atoms with E-state index < -0.39 is 10.1 Å². The molecule has 5 rings (SSSR count). The third-order valence-electron chi connectivity index (χ3n) is 8.03. The number of benzene rings is 3. The van der Waals surface area contributed by atoms with Gasteiger partial charge in [0, 0.05) is 35.9 Å². The first kappa shape index (κ1) is 31.6. The molecule has 8 heteroatoms. The van der Waals surface area contributed by atoms with Gasteiger partial charge in [0.05, 0.1) is 43.5 Å². The van der Waals surface area contributed by atoms with Gasteiger partial charge in [0.25, 0.3) is 5.91 Å². The van der Waals surface area contributed by atoms with Crippen LogP contribution >= 0.6 is 0 Å². The number of rotatable bonds is 6. The van der Waals surface area contributed by atoms with E-state index in [1.165, 1.54) is 27.8 Å². The molecule has 0 unspecified atom stereocenters. The molecule has 42 heavy (non-hydrogen) atoms. The Morgan fingerprint density at radius 2 is 1.57 bits per heavy atom. The van der Waals surface area contributed by atoms with Crippen molar-refractivity contribution in [1.82, 2.24) is 0 Å². The van der Waals surface area contributed by atoms with E-state index in [0.29, 0.717) is 12.3 Å². The Labute approximate surface area is 250 Å². The van der Waals surface area contributed by atoms with Crippen molar-refractivity contribution < 1.29 is 27.0 Å². The number of ether oxygens (including phenoxy) is 1. The SMILES string of the molecule is CS(=O)(=O)[O-].Cc1ccc(-c2ccc3c(c2)C=C(C(=O)Nc2ccc(C[N+](C)(C)C4CCOCC4)cc2)CCC3)cc1. The molecule has 1 N–H and O–H groups in total. The molecule has 0 spiro atoms. The lowest BCUT2D eigenvalue weighted by Gasteiger charge is -2.40. The average Bonchev–Trinajstić information content (AvgIpc) is 3.16. The van der Waals surface area contributed by atoms with Crippen LogP contribution in [0.25, 0.3) is 17.2 Å². The quantitative estimate of drug-likeness (QED) is 0.283. The molecule has 0 aromatic heterocycles. The van der Waals surface area contributed by atoms with Gasteiger partial charge in [0.15, 0.2) is 0 Å². The zero-order valence-electron chi connectivity index (χ0n) is 25.1. The molecule has 1 fully saturated rings. The monoisotopic (exact) mass is 590 g/mol. The minimum Gasteiger partial charge on any atom is -0.748 e. The van der Waals surface area contributed by atoms with Gasteiger partial charge < -0.3 is 19.1 Å². The summed E-state index contributed by atoms with van der Waals surface area (Å²) in [6.45, 7) is 4.81. The molecule has 2 aliphatic rings. The number of amides is 1. The Balaban J connectivity index is 0.000000748. The molecular formula is C34H42N2O5S. The molecule has 0 bridgehead atoms.